The zero-order chi connectivity index (χ0) is 22.5. The molecule has 6 rings (SSSR count). The molecule has 1 aromatic heterocycles. The molecule has 0 aliphatic carbocycles. The maximum absolute atomic E-state index is 14.0. The van der Waals surface area contributed by atoms with Crippen LogP contribution in [-0.4, -0.2) is 33.7 Å². The molecule has 2 aromatic carbocycles. The standard InChI is InChI=1S/C26H26F3N2O/c1-2-17-15-31(14-16-11-21(27)25(29)22(28)12-16)10-8-18(17)13-24(31)26(32)20-7-9-30-23-6-4-3-5-19(20)23/h2-7,9,11-12,17-18,24,26,32H,1,8,10,13-15H2/q+1/t17-,18-,24-,26+,31+/m0/s1. The van der Waals surface area contributed by atoms with Crippen LogP contribution in [0.2, 0.25) is 0 Å². The van der Waals surface area contributed by atoms with Gasteiger partial charge in [0.15, 0.2) is 17.5 Å². The summed E-state index contributed by atoms with van der Waals surface area (Å²) in [5.41, 5.74) is 2.04. The monoisotopic (exact) mass is 439 g/mol. The van der Waals surface area contributed by atoms with Gasteiger partial charge in [-0.25, -0.2) is 13.2 Å². The van der Waals surface area contributed by atoms with Crippen LogP contribution >= 0.6 is 0 Å². The molecule has 3 saturated heterocycles. The highest BCUT2D eigenvalue weighted by atomic mass is 19.2. The number of aliphatic hydroxyl groups excluding tert-OH is 1. The van der Waals surface area contributed by atoms with Crippen molar-refractivity contribution < 1.29 is 22.8 Å². The first-order valence-corrected chi connectivity index (χ1v) is 11.1. The molecule has 4 heterocycles. The van der Waals surface area contributed by atoms with Crippen molar-refractivity contribution in [2.75, 3.05) is 13.1 Å². The van der Waals surface area contributed by atoms with E-state index >= 15 is 0 Å². The molecule has 166 valence electrons. The second-order valence-electron chi connectivity index (χ2n) is 9.27. The second-order valence-corrected chi connectivity index (χ2v) is 9.27. The van der Waals surface area contributed by atoms with Gasteiger partial charge >= 0.3 is 0 Å². The molecule has 3 nitrogen and oxygen atoms in total. The van der Waals surface area contributed by atoms with Crippen LogP contribution in [0.3, 0.4) is 0 Å². The summed E-state index contributed by atoms with van der Waals surface area (Å²) in [5, 5.41) is 12.5. The van der Waals surface area contributed by atoms with Gasteiger partial charge in [0.1, 0.15) is 18.7 Å². The fourth-order valence-corrected chi connectivity index (χ4v) is 6.03. The zero-order valence-corrected chi connectivity index (χ0v) is 17.7. The van der Waals surface area contributed by atoms with E-state index in [4.69, 9.17) is 0 Å². The Morgan fingerprint density at radius 2 is 1.91 bits per heavy atom. The minimum Gasteiger partial charge on any atom is -0.382 e. The van der Waals surface area contributed by atoms with Crippen LogP contribution in [0, 0.1) is 29.3 Å². The van der Waals surface area contributed by atoms with E-state index in [1.807, 2.05) is 36.4 Å². The number of quaternary nitrogens is 1. The van der Waals surface area contributed by atoms with E-state index in [2.05, 4.69) is 11.6 Å². The zero-order valence-electron chi connectivity index (χ0n) is 17.7. The Morgan fingerprint density at radius 3 is 2.66 bits per heavy atom. The molecule has 3 aliphatic heterocycles. The Labute approximate surface area is 185 Å². The van der Waals surface area contributed by atoms with Crippen LogP contribution in [0.4, 0.5) is 13.2 Å². The van der Waals surface area contributed by atoms with E-state index in [1.165, 1.54) is 0 Å². The van der Waals surface area contributed by atoms with Gasteiger partial charge in [0, 0.05) is 35.9 Å². The molecule has 0 saturated carbocycles. The molecule has 32 heavy (non-hydrogen) atoms. The number of hydrogen-bond donors (Lipinski definition) is 1. The van der Waals surface area contributed by atoms with Crippen LogP contribution in [-0.2, 0) is 6.54 Å². The lowest BCUT2D eigenvalue weighted by molar-refractivity contribution is -0.985. The third-order valence-electron chi connectivity index (χ3n) is 7.58. The minimum absolute atomic E-state index is 0.146. The lowest BCUT2D eigenvalue weighted by Crippen LogP contribution is -2.67. The number of piperidine rings is 3. The number of fused-ring (bicyclic) bond motifs is 4. The van der Waals surface area contributed by atoms with Gasteiger partial charge < -0.3 is 9.59 Å². The Balaban J connectivity index is 1.56. The summed E-state index contributed by atoms with van der Waals surface area (Å²) in [6.07, 6.45) is 4.67. The minimum atomic E-state index is -1.45. The summed E-state index contributed by atoms with van der Waals surface area (Å²) in [7, 11) is 0. The van der Waals surface area contributed by atoms with E-state index in [0.717, 1.165) is 54.5 Å². The number of benzene rings is 2. The predicted octanol–water partition coefficient (Wildman–Crippen LogP) is 5.30. The molecule has 5 atom stereocenters. The number of para-hydroxylation sites is 1. The number of hydrogen-bond acceptors (Lipinski definition) is 2. The average Bonchev–Trinajstić information content (AvgIpc) is 2.81. The van der Waals surface area contributed by atoms with E-state index < -0.39 is 23.6 Å². The van der Waals surface area contributed by atoms with Crippen molar-refractivity contribution in [3.8, 4) is 0 Å². The van der Waals surface area contributed by atoms with Crippen molar-refractivity contribution in [2.45, 2.75) is 31.5 Å². The number of halogens is 3. The van der Waals surface area contributed by atoms with Crippen molar-refractivity contribution in [2.24, 2.45) is 11.8 Å². The number of nitrogens with zero attached hydrogens (tertiary/aromatic N) is 2. The lowest BCUT2D eigenvalue weighted by Gasteiger charge is -2.58. The Bertz CT molecular complexity index is 1150. The quantitative estimate of drug-likeness (QED) is 0.333. The molecule has 6 heteroatoms. The molecule has 0 spiro atoms. The maximum Gasteiger partial charge on any atom is 0.194 e. The van der Waals surface area contributed by atoms with Crippen molar-refractivity contribution >= 4 is 10.9 Å². The summed E-state index contributed by atoms with van der Waals surface area (Å²) >= 11 is 0. The van der Waals surface area contributed by atoms with E-state index in [9.17, 15) is 18.3 Å². The van der Waals surface area contributed by atoms with E-state index in [1.54, 1.807) is 6.20 Å². The molecule has 0 amide bonds. The second kappa shape index (κ2) is 8.01. The van der Waals surface area contributed by atoms with Crippen molar-refractivity contribution in [3.63, 3.8) is 0 Å². The van der Waals surface area contributed by atoms with Crippen LogP contribution in [0.5, 0.6) is 0 Å². The van der Waals surface area contributed by atoms with Crippen LogP contribution in [0.1, 0.15) is 30.1 Å². The highest BCUT2D eigenvalue weighted by Crippen LogP contribution is 2.48. The van der Waals surface area contributed by atoms with Gasteiger partial charge in [-0.15, -0.1) is 6.58 Å². The molecule has 3 aliphatic rings. The van der Waals surface area contributed by atoms with Gasteiger partial charge in [0.2, 0.25) is 0 Å². The predicted molar refractivity (Wildman–Crippen MR) is 117 cm³/mol. The van der Waals surface area contributed by atoms with Crippen LogP contribution < -0.4 is 0 Å². The summed E-state index contributed by atoms with van der Waals surface area (Å²) in [5.74, 6) is -3.11. The lowest BCUT2D eigenvalue weighted by atomic mass is 9.71. The van der Waals surface area contributed by atoms with Gasteiger partial charge in [-0.2, -0.15) is 0 Å². The number of aromatic nitrogens is 1. The van der Waals surface area contributed by atoms with Gasteiger partial charge in [-0.05, 0) is 35.7 Å². The van der Waals surface area contributed by atoms with Crippen molar-refractivity contribution in [3.05, 3.63) is 89.9 Å². The maximum atomic E-state index is 14.0. The number of aliphatic hydroxyl groups is 1. The molecule has 2 bridgehead atoms. The van der Waals surface area contributed by atoms with Gasteiger partial charge in [-0.3, -0.25) is 4.98 Å². The van der Waals surface area contributed by atoms with E-state index in [0.29, 0.717) is 22.5 Å². The number of rotatable bonds is 5. The highest BCUT2D eigenvalue weighted by molar-refractivity contribution is 5.82. The SMILES string of the molecule is C=C[C@H]1C[N@+]2(Cc3cc(F)c(F)c(F)c3)CC[C@H]1C[C@H]2[C@H](O)c1ccnc2ccccc12. The molecule has 3 fully saturated rings. The molecule has 0 unspecified atom stereocenters. The normalized spacial score (nSPS) is 28.1. The smallest absolute Gasteiger partial charge is 0.194 e. The molecule has 1 N–H and O–H groups in total. The molecule has 0 radical (unpaired) electrons. The topological polar surface area (TPSA) is 33.1 Å². The third-order valence-corrected chi connectivity index (χ3v) is 7.58. The first-order valence-electron chi connectivity index (χ1n) is 11.1. The molecule has 3 aromatic rings. The average molecular weight is 440 g/mol. The highest BCUT2D eigenvalue weighted by Gasteiger charge is 2.54. The fraction of sp³-hybridized carbons (Fsp3) is 0.346. The largest absolute Gasteiger partial charge is 0.382 e. The van der Waals surface area contributed by atoms with Crippen molar-refractivity contribution in [1.82, 2.24) is 4.98 Å². The third kappa shape index (κ3) is 3.42. The summed E-state index contributed by atoms with van der Waals surface area (Å²) in [4.78, 5) is 4.41. The first-order chi connectivity index (χ1) is 15.4. The summed E-state index contributed by atoms with van der Waals surface area (Å²) in [6, 6.07) is 11.6. The first kappa shape index (κ1) is 21.2. The Kier molecular flexibility index (Phi) is 5.30. The fourth-order valence-electron chi connectivity index (χ4n) is 6.03. The van der Waals surface area contributed by atoms with Crippen LogP contribution in [0.15, 0.2) is 61.3 Å². The van der Waals surface area contributed by atoms with Crippen LogP contribution in [0.25, 0.3) is 10.9 Å². The Hall–Kier alpha value is -2.70. The van der Waals surface area contributed by atoms with Gasteiger partial charge in [0.05, 0.1) is 18.6 Å². The van der Waals surface area contributed by atoms with Crippen molar-refractivity contribution in [1.29, 1.82) is 0 Å². The number of pyridine rings is 1. The molecular formula is C26H26F3N2O+. The molecular weight excluding hydrogens is 413 g/mol. The van der Waals surface area contributed by atoms with Gasteiger partial charge in [0.25, 0.3) is 0 Å². The van der Waals surface area contributed by atoms with Gasteiger partial charge in [-0.1, -0.05) is 24.3 Å². The Morgan fingerprint density at radius 1 is 1.16 bits per heavy atom. The van der Waals surface area contributed by atoms with E-state index in [-0.39, 0.29) is 12.0 Å². The summed E-state index contributed by atoms with van der Waals surface area (Å²) in [6.45, 7) is 5.86. The summed E-state index contributed by atoms with van der Waals surface area (Å²) < 4.78 is 42.0.